The zero-order valence-electron chi connectivity index (χ0n) is 13.6. The van der Waals surface area contributed by atoms with Crippen molar-refractivity contribution in [2.24, 2.45) is 0 Å². The van der Waals surface area contributed by atoms with E-state index in [9.17, 15) is 5.11 Å². The van der Waals surface area contributed by atoms with Crippen molar-refractivity contribution in [3.05, 3.63) is 66.1 Å². The van der Waals surface area contributed by atoms with Gasteiger partial charge < -0.3 is 5.11 Å². The minimum Gasteiger partial charge on any atom is -0.505 e. The van der Waals surface area contributed by atoms with Crippen molar-refractivity contribution in [2.75, 3.05) is 13.1 Å². The van der Waals surface area contributed by atoms with Crippen LogP contribution < -0.4 is 0 Å². The van der Waals surface area contributed by atoms with Crippen LogP contribution in [0.15, 0.2) is 55.0 Å². The number of aromatic nitrogens is 2. The van der Waals surface area contributed by atoms with Gasteiger partial charge in [-0.05, 0) is 49.7 Å². The lowest BCUT2D eigenvalue weighted by Crippen LogP contribution is -2.34. The summed E-state index contributed by atoms with van der Waals surface area (Å²) in [5.74, 6) is 0.292. The van der Waals surface area contributed by atoms with Crippen molar-refractivity contribution in [1.82, 2.24) is 14.9 Å². The van der Waals surface area contributed by atoms with Gasteiger partial charge in [-0.15, -0.1) is 0 Å². The number of aromatic hydroxyl groups is 1. The van der Waals surface area contributed by atoms with Gasteiger partial charge in [0.1, 0.15) is 11.3 Å². The lowest BCUT2D eigenvalue weighted by Gasteiger charge is -2.35. The zero-order chi connectivity index (χ0) is 16.4. The highest BCUT2D eigenvalue weighted by molar-refractivity contribution is 5.85. The van der Waals surface area contributed by atoms with Crippen LogP contribution in [0.2, 0.25) is 0 Å². The molecule has 4 rings (SSSR count). The molecule has 1 fully saturated rings. The molecule has 0 amide bonds. The largest absolute Gasteiger partial charge is 0.505 e. The molecular weight excluding hydrogens is 298 g/mol. The van der Waals surface area contributed by atoms with Crippen LogP contribution in [0, 0.1) is 0 Å². The number of pyridine rings is 2. The molecule has 3 aromatic rings. The Balaban J connectivity index is 1.85. The van der Waals surface area contributed by atoms with Gasteiger partial charge in [-0.1, -0.05) is 24.6 Å². The van der Waals surface area contributed by atoms with Crippen molar-refractivity contribution < 1.29 is 5.11 Å². The first kappa shape index (κ1) is 15.1. The number of piperidine rings is 1. The van der Waals surface area contributed by atoms with Crippen LogP contribution in [-0.2, 0) is 0 Å². The Morgan fingerprint density at radius 1 is 0.917 bits per heavy atom. The van der Waals surface area contributed by atoms with Gasteiger partial charge in [0, 0.05) is 29.5 Å². The molecule has 0 unspecified atom stereocenters. The maximum absolute atomic E-state index is 10.9. The summed E-state index contributed by atoms with van der Waals surface area (Å²) < 4.78 is 0. The summed E-state index contributed by atoms with van der Waals surface area (Å²) in [6.07, 6.45) is 9.06. The van der Waals surface area contributed by atoms with Crippen LogP contribution in [-0.4, -0.2) is 33.1 Å². The summed E-state index contributed by atoms with van der Waals surface area (Å²) >= 11 is 0. The highest BCUT2D eigenvalue weighted by atomic mass is 16.3. The monoisotopic (exact) mass is 319 g/mol. The maximum atomic E-state index is 10.9. The molecule has 2 aromatic heterocycles. The summed E-state index contributed by atoms with van der Waals surface area (Å²) in [5.41, 5.74) is 2.76. The van der Waals surface area contributed by atoms with Gasteiger partial charge >= 0.3 is 0 Å². The van der Waals surface area contributed by atoms with E-state index in [4.69, 9.17) is 0 Å². The molecule has 0 aliphatic carbocycles. The molecule has 1 aromatic carbocycles. The topological polar surface area (TPSA) is 49.3 Å². The lowest BCUT2D eigenvalue weighted by atomic mass is 9.94. The molecule has 1 N–H and O–H groups in total. The Morgan fingerprint density at radius 2 is 1.71 bits per heavy atom. The Hall–Kier alpha value is -2.46. The fourth-order valence-electron chi connectivity index (χ4n) is 3.68. The zero-order valence-corrected chi connectivity index (χ0v) is 13.6. The Labute approximate surface area is 141 Å². The number of fused-ring (bicyclic) bond motifs is 1. The molecule has 1 atom stereocenters. The van der Waals surface area contributed by atoms with E-state index in [0.29, 0.717) is 11.3 Å². The third-order valence-corrected chi connectivity index (χ3v) is 4.85. The molecule has 4 heteroatoms. The number of phenolic OH excluding ortho intramolecular Hbond substituents is 1. The van der Waals surface area contributed by atoms with Crippen LogP contribution in [0.3, 0.4) is 0 Å². The van der Waals surface area contributed by atoms with Crippen molar-refractivity contribution in [3.8, 4) is 5.75 Å². The van der Waals surface area contributed by atoms with E-state index in [0.717, 1.165) is 29.6 Å². The quantitative estimate of drug-likeness (QED) is 0.795. The number of hydrogen-bond donors (Lipinski definition) is 1. The normalized spacial score (nSPS) is 17.0. The van der Waals surface area contributed by atoms with Gasteiger partial charge in [0.15, 0.2) is 0 Å². The standard InChI is InChI=1S/C20H21N3O/c24-20-17(7-6-15-5-4-10-22-18(15)20)19(16-8-11-21-12-9-16)23-13-2-1-3-14-23/h4-12,19,24H,1-3,13-14H2/t19-/m0/s1. The number of likely N-dealkylation sites (tertiary alicyclic amines) is 1. The number of benzene rings is 1. The van der Waals surface area contributed by atoms with Gasteiger partial charge in [-0.2, -0.15) is 0 Å². The maximum Gasteiger partial charge on any atom is 0.146 e. The molecule has 122 valence electrons. The molecule has 0 spiro atoms. The average Bonchev–Trinajstić information content (AvgIpc) is 2.66. The number of hydrogen-bond acceptors (Lipinski definition) is 4. The Morgan fingerprint density at radius 3 is 2.50 bits per heavy atom. The second-order valence-electron chi connectivity index (χ2n) is 6.36. The van der Waals surface area contributed by atoms with E-state index < -0.39 is 0 Å². The predicted octanol–water partition coefficient (Wildman–Crippen LogP) is 3.91. The fraction of sp³-hybridized carbons (Fsp3) is 0.300. The van der Waals surface area contributed by atoms with E-state index in [1.54, 1.807) is 6.20 Å². The molecule has 0 bridgehead atoms. The Kier molecular flexibility index (Phi) is 4.13. The van der Waals surface area contributed by atoms with Gasteiger partial charge in [0.25, 0.3) is 0 Å². The van der Waals surface area contributed by atoms with E-state index in [2.05, 4.69) is 20.9 Å². The van der Waals surface area contributed by atoms with E-state index in [1.165, 1.54) is 19.3 Å². The first-order chi connectivity index (χ1) is 11.8. The highest BCUT2D eigenvalue weighted by Gasteiger charge is 2.27. The number of phenols is 1. The van der Waals surface area contributed by atoms with Crippen LogP contribution in [0.1, 0.15) is 36.4 Å². The fourth-order valence-corrected chi connectivity index (χ4v) is 3.68. The third kappa shape index (κ3) is 2.74. The summed E-state index contributed by atoms with van der Waals surface area (Å²) in [7, 11) is 0. The molecule has 0 saturated carbocycles. The Bertz CT molecular complexity index is 829. The molecular formula is C20H21N3O. The van der Waals surface area contributed by atoms with E-state index in [1.807, 2.05) is 42.7 Å². The predicted molar refractivity (Wildman–Crippen MR) is 94.9 cm³/mol. The third-order valence-electron chi connectivity index (χ3n) is 4.85. The van der Waals surface area contributed by atoms with Gasteiger partial charge in [-0.25, -0.2) is 0 Å². The van der Waals surface area contributed by atoms with Crippen LogP contribution in [0.4, 0.5) is 0 Å². The molecule has 24 heavy (non-hydrogen) atoms. The van der Waals surface area contributed by atoms with Crippen molar-refractivity contribution in [2.45, 2.75) is 25.3 Å². The summed E-state index contributed by atoms with van der Waals surface area (Å²) in [6.45, 7) is 2.10. The van der Waals surface area contributed by atoms with Gasteiger partial charge in [-0.3, -0.25) is 14.9 Å². The number of nitrogens with zero attached hydrogens (tertiary/aromatic N) is 3. The van der Waals surface area contributed by atoms with Crippen LogP contribution in [0.5, 0.6) is 5.75 Å². The second-order valence-corrected chi connectivity index (χ2v) is 6.36. The van der Waals surface area contributed by atoms with Gasteiger partial charge in [0.2, 0.25) is 0 Å². The molecule has 1 saturated heterocycles. The smallest absolute Gasteiger partial charge is 0.146 e. The van der Waals surface area contributed by atoms with Crippen molar-refractivity contribution in [3.63, 3.8) is 0 Å². The average molecular weight is 319 g/mol. The second kappa shape index (κ2) is 6.57. The molecule has 0 radical (unpaired) electrons. The lowest BCUT2D eigenvalue weighted by molar-refractivity contribution is 0.185. The van der Waals surface area contributed by atoms with Crippen molar-refractivity contribution in [1.29, 1.82) is 0 Å². The molecule has 1 aliphatic rings. The first-order valence-electron chi connectivity index (χ1n) is 8.55. The first-order valence-corrected chi connectivity index (χ1v) is 8.55. The van der Waals surface area contributed by atoms with Gasteiger partial charge in [0.05, 0.1) is 6.04 Å². The SMILES string of the molecule is Oc1c([C@H](c2ccncc2)N2CCCCC2)ccc2cccnc12. The molecule has 4 nitrogen and oxygen atoms in total. The molecule has 3 heterocycles. The van der Waals surface area contributed by atoms with Crippen LogP contribution in [0.25, 0.3) is 10.9 Å². The minimum atomic E-state index is 0.0414. The van der Waals surface area contributed by atoms with E-state index >= 15 is 0 Å². The number of rotatable bonds is 3. The minimum absolute atomic E-state index is 0.0414. The highest BCUT2D eigenvalue weighted by Crippen LogP contribution is 2.38. The van der Waals surface area contributed by atoms with Crippen molar-refractivity contribution >= 4 is 10.9 Å². The van der Waals surface area contributed by atoms with E-state index in [-0.39, 0.29) is 6.04 Å². The van der Waals surface area contributed by atoms with Crippen LogP contribution >= 0.6 is 0 Å². The summed E-state index contributed by atoms with van der Waals surface area (Å²) in [6, 6.07) is 12.1. The summed E-state index contributed by atoms with van der Waals surface area (Å²) in [5, 5.41) is 11.9. The summed E-state index contributed by atoms with van der Waals surface area (Å²) in [4.78, 5) is 11.0. The molecule has 1 aliphatic heterocycles.